The van der Waals surface area contributed by atoms with Gasteiger partial charge < -0.3 is 33.9 Å². The summed E-state index contributed by atoms with van der Waals surface area (Å²) in [6, 6.07) is 7.31. The van der Waals surface area contributed by atoms with E-state index < -0.39 is 29.2 Å². The van der Waals surface area contributed by atoms with E-state index in [0.717, 1.165) is 55.5 Å². The number of hydrogen-bond acceptors (Lipinski definition) is 10. The van der Waals surface area contributed by atoms with Crippen LogP contribution in [0.1, 0.15) is 137 Å². The molecule has 0 spiro atoms. The first-order chi connectivity index (χ1) is 28.9. The highest BCUT2D eigenvalue weighted by Crippen LogP contribution is 2.72. The van der Waals surface area contributed by atoms with Gasteiger partial charge in [-0.15, -0.1) is 0 Å². The third kappa shape index (κ3) is 9.66. The Morgan fingerprint density at radius 3 is 2.26 bits per heavy atom. The molecule has 62 heavy (non-hydrogen) atoms. The first-order valence-electron chi connectivity index (χ1n) is 21.9. The van der Waals surface area contributed by atoms with Gasteiger partial charge in [-0.1, -0.05) is 25.7 Å². The number of carboxylic acids is 1. The summed E-state index contributed by atoms with van der Waals surface area (Å²) in [6.07, 6.45) is 8.52. The number of hydrogen-bond donors (Lipinski definition) is 1. The Balaban J connectivity index is 1.15. The summed E-state index contributed by atoms with van der Waals surface area (Å²) in [7, 11) is 3.33. The molecule has 13 heteroatoms. The Labute approximate surface area is 366 Å². The Morgan fingerprint density at radius 2 is 1.61 bits per heavy atom. The lowest BCUT2D eigenvalue weighted by molar-refractivity contribution is -0.250. The Hall–Kier alpha value is -4.93. The average Bonchev–Trinajstić information content (AvgIpc) is 3.49. The second-order valence-corrected chi connectivity index (χ2v) is 21.4. The third-order valence-corrected chi connectivity index (χ3v) is 12.9. The molecule has 4 saturated carbocycles. The van der Waals surface area contributed by atoms with Crippen LogP contribution in [0.5, 0.6) is 0 Å². The second kappa shape index (κ2) is 16.3. The number of fused-ring (bicyclic) bond motifs is 1. The van der Waals surface area contributed by atoms with E-state index in [2.05, 4.69) is 37.3 Å². The number of methoxy groups -OCH3 is 1. The maximum absolute atomic E-state index is 14.1. The van der Waals surface area contributed by atoms with Crippen LogP contribution in [0.4, 0.5) is 10.6 Å². The quantitative estimate of drug-likeness (QED) is 0.113. The van der Waals surface area contributed by atoms with Gasteiger partial charge in [0.05, 0.1) is 37.1 Å². The van der Waals surface area contributed by atoms with Gasteiger partial charge in [0.15, 0.2) is 5.69 Å². The molecule has 334 valence electrons. The number of carbonyl (C=O) groups is 3. The van der Waals surface area contributed by atoms with Crippen molar-refractivity contribution in [2.45, 2.75) is 137 Å². The lowest BCUT2D eigenvalue weighted by Crippen LogP contribution is -2.64. The fraction of sp³-hybridized carbons (Fsp3) is 0.612. The molecule has 2 aromatic heterocycles. The fourth-order valence-corrected chi connectivity index (χ4v) is 11.8. The average molecular weight is 852 g/mol. The number of carbonyl (C=O) groups excluding carboxylic acids is 2. The highest BCUT2D eigenvalue weighted by Gasteiger charge is 2.66. The van der Waals surface area contributed by atoms with E-state index in [0.29, 0.717) is 48.7 Å². The molecule has 1 N–H and O–H groups in total. The fourth-order valence-electron chi connectivity index (χ4n) is 11.8. The topological polar surface area (TPSA) is 146 Å². The zero-order valence-electron chi connectivity index (χ0n) is 38.6. The first kappa shape index (κ1) is 45.1. The summed E-state index contributed by atoms with van der Waals surface area (Å²) in [5, 5.41) is 15.3. The van der Waals surface area contributed by atoms with Crippen LogP contribution in [0.3, 0.4) is 0 Å². The molecular weight excluding hydrogens is 787 g/mol. The smallest absolute Gasteiger partial charge is 0.410 e. The van der Waals surface area contributed by atoms with Crippen LogP contribution in [-0.2, 0) is 38.5 Å². The first-order valence-corrected chi connectivity index (χ1v) is 21.9. The summed E-state index contributed by atoms with van der Waals surface area (Å²) < 4.78 is 25.6. The van der Waals surface area contributed by atoms with Crippen LogP contribution in [0, 0.1) is 35.0 Å². The summed E-state index contributed by atoms with van der Waals surface area (Å²) in [5.41, 5.74) is 3.73. The number of ether oxygens (including phenoxy) is 4. The van der Waals surface area contributed by atoms with Crippen LogP contribution < -0.4 is 4.90 Å². The van der Waals surface area contributed by atoms with Crippen molar-refractivity contribution in [1.29, 1.82) is 0 Å². The van der Waals surface area contributed by atoms with Gasteiger partial charge in [0.1, 0.15) is 17.0 Å². The monoisotopic (exact) mass is 851 g/mol. The number of carboxylic acid groups (broad SMARTS) is 1. The van der Waals surface area contributed by atoms with E-state index in [4.69, 9.17) is 29.0 Å². The molecule has 4 aliphatic carbocycles. The van der Waals surface area contributed by atoms with Gasteiger partial charge in [-0.3, -0.25) is 4.68 Å². The largest absolute Gasteiger partial charge is 0.478 e. The zero-order chi connectivity index (χ0) is 45.0. The number of rotatable bonds is 11. The lowest BCUT2D eigenvalue weighted by Gasteiger charge is -2.69. The van der Waals surface area contributed by atoms with E-state index in [-0.39, 0.29) is 46.2 Å². The van der Waals surface area contributed by atoms with E-state index in [1.807, 2.05) is 50.1 Å². The number of pyridine rings is 1. The minimum absolute atomic E-state index is 0.0284. The number of esters is 1. The number of amides is 1. The molecule has 0 saturated heterocycles. The second-order valence-electron chi connectivity index (χ2n) is 21.4. The molecule has 1 amide bonds. The predicted molar refractivity (Wildman–Crippen MR) is 236 cm³/mol. The molecule has 2 unspecified atom stereocenters. The van der Waals surface area contributed by atoms with Crippen molar-refractivity contribution in [1.82, 2.24) is 19.7 Å². The molecule has 1 aromatic carbocycles. The Kier molecular flexibility index (Phi) is 11.9. The highest BCUT2D eigenvalue weighted by atomic mass is 16.6. The van der Waals surface area contributed by atoms with Gasteiger partial charge in [0.2, 0.25) is 0 Å². The standard InChI is InChI=1S/C49H65N5O8/c1-32-37(23-50-54(32)31-48-26-46(8)25-47(9,27-48)29-49(28-46,30-48)60-20-19-59-11)35-14-15-39(51-40(35)42(57)61-44(2,3)4)53-18-16-34-21-33(22-36(41(55)56)38(34)24-53)13-12-17-52(10)43(58)62-45(5,6)7/h14-15,21-23H,16-20,24-31H2,1-11H3,(H,55,56). The van der Waals surface area contributed by atoms with Crippen molar-refractivity contribution in [2.75, 3.05) is 45.4 Å². The van der Waals surface area contributed by atoms with Crippen LogP contribution >= 0.6 is 0 Å². The Bertz CT molecular complexity index is 2290. The van der Waals surface area contributed by atoms with Crippen molar-refractivity contribution in [2.24, 2.45) is 16.2 Å². The summed E-state index contributed by atoms with van der Waals surface area (Å²) in [5.74, 6) is 4.97. The molecule has 3 aromatic rings. The van der Waals surface area contributed by atoms with Gasteiger partial charge in [-0.05, 0) is 145 Å². The van der Waals surface area contributed by atoms with Gasteiger partial charge in [0, 0.05) is 56.2 Å². The zero-order valence-corrected chi connectivity index (χ0v) is 38.6. The van der Waals surface area contributed by atoms with E-state index in [9.17, 15) is 19.5 Å². The molecule has 2 atom stereocenters. The molecule has 4 fully saturated rings. The van der Waals surface area contributed by atoms with Crippen LogP contribution in [0.15, 0.2) is 30.5 Å². The predicted octanol–water partition coefficient (Wildman–Crippen LogP) is 8.47. The SMILES string of the molecule is COCCOC12CC3(C)CC(C)(CC(Cn4ncc(-c5ccc(N6CCc7cc(C#CCN(C)C(=O)OC(C)(C)C)cc(C(=O)O)c7C6)nc5C(=O)OC(C)(C)C)c4C)(C3)C1)C2. The molecule has 5 aliphatic rings. The number of benzene rings is 1. The van der Waals surface area contributed by atoms with Gasteiger partial charge in [-0.2, -0.15) is 5.10 Å². The van der Waals surface area contributed by atoms with E-state index in [1.54, 1.807) is 41.0 Å². The normalized spacial score (nSPS) is 25.2. The summed E-state index contributed by atoms with van der Waals surface area (Å²) in [6.45, 7) is 20.8. The molecule has 13 nitrogen and oxygen atoms in total. The molecule has 3 heterocycles. The van der Waals surface area contributed by atoms with Crippen molar-refractivity contribution in [3.8, 4) is 23.0 Å². The van der Waals surface area contributed by atoms with Gasteiger partial charge >= 0.3 is 18.0 Å². The third-order valence-electron chi connectivity index (χ3n) is 12.9. The Morgan fingerprint density at radius 1 is 0.919 bits per heavy atom. The number of aromatic carboxylic acids is 1. The van der Waals surface area contributed by atoms with Gasteiger partial charge in [-0.25, -0.2) is 19.4 Å². The molecule has 1 aliphatic heterocycles. The minimum atomic E-state index is -1.06. The summed E-state index contributed by atoms with van der Waals surface area (Å²) in [4.78, 5) is 47.5. The van der Waals surface area contributed by atoms with E-state index >= 15 is 0 Å². The van der Waals surface area contributed by atoms with Crippen LogP contribution in [-0.4, -0.2) is 100 Å². The molecule has 8 rings (SSSR count). The maximum atomic E-state index is 14.1. The van der Waals surface area contributed by atoms with Crippen molar-refractivity contribution >= 4 is 23.8 Å². The van der Waals surface area contributed by atoms with Crippen molar-refractivity contribution < 1.29 is 38.4 Å². The summed E-state index contributed by atoms with van der Waals surface area (Å²) >= 11 is 0. The van der Waals surface area contributed by atoms with Gasteiger partial charge in [0.25, 0.3) is 0 Å². The van der Waals surface area contributed by atoms with Crippen LogP contribution in [0.2, 0.25) is 0 Å². The maximum Gasteiger partial charge on any atom is 0.410 e. The number of anilines is 1. The number of nitrogens with zero attached hydrogens (tertiary/aromatic N) is 5. The highest BCUT2D eigenvalue weighted by molar-refractivity contribution is 5.96. The van der Waals surface area contributed by atoms with Crippen LogP contribution in [0.25, 0.3) is 11.1 Å². The lowest BCUT2D eigenvalue weighted by atomic mass is 9.39. The molecular formula is C49H65N5O8. The van der Waals surface area contributed by atoms with Crippen molar-refractivity contribution in [3.05, 3.63) is 64.1 Å². The van der Waals surface area contributed by atoms with E-state index in [1.165, 1.54) is 11.3 Å². The number of aromatic nitrogens is 3. The van der Waals surface area contributed by atoms with Crippen molar-refractivity contribution in [3.63, 3.8) is 0 Å². The molecule has 0 radical (unpaired) electrons. The molecule has 4 bridgehead atoms. The minimum Gasteiger partial charge on any atom is -0.478 e.